The molecule has 2 N–H and O–H groups in total. The highest BCUT2D eigenvalue weighted by molar-refractivity contribution is 5.66. The van der Waals surface area contributed by atoms with Crippen LogP contribution in [0.2, 0.25) is 0 Å². The minimum Gasteiger partial charge on any atom is -0.491 e. The number of aliphatic carboxylic acids is 1. The zero-order chi connectivity index (χ0) is 22.2. The van der Waals surface area contributed by atoms with Gasteiger partial charge in [0.25, 0.3) is 0 Å². The van der Waals surface area contributed by atoms with Gasteiger partial charge in [-0.1, -0.05) is 62.5 Å². The number of carbonyl (C=O) groups is 1. The maximum absolute atomic E-state index is 12.6. The van der Waals surface area contributed by atoms with Gasteiger partial charge in [0, 0.05) is 6.42 Å². The summed E-state index contributed by atoms with van der Waals surface area (Å²) in [6.45, 7) is -0.127. The largest absolute Gasteiger partial charge is 0.491 e. The topological polar surface area (TPSA) is 66.8 Å². The van der Waals surface area contributed by atoms with Crippen molar-refractivity contribution in [1.29, 1.82) is 0 Å². The normalized spacial score (nSPS) is 13.2. The lowest BCUT2D eigenvalue weighted by atomic mass is 10.1. The van der Waals surface area contributed by atoms with Crippen LogP contribution in [0.25, 0.3) is 0 Å². The molecule has 0 fully saturated rings. The van der Waals surface area contributed by atoms with Crippen molar-refractivity contribution in [1.82, 2.24) is 0 Å². The average molecular weight is 428 g/mol. The SMILES string of the molecule is O=C(O)CCCCCCCCCC=CC=CC(O)COc1cccc(C(F)(F)F)c1. The average Bonchev–Trinajstić information content (AvgIpc) is 2.69. The third kappa shape index (κ3) is 13.0. The molecule has 0 amide bonds. The van der Waals surface area contributed by atoms with Crippen LogP contribution < -0.4 is 4.74 Å². The van der Waals surface area contributed by atoms with E-state index in [1.165, 1.54) is 18.2 Å². The number of benzene rings is 1. The molecule has 4 nitrogen and oxygen atoms in total. The number of hydrogen-bond donors (Lipinski definition) is 2. The molecule has 0 heterocycles. The van der Waals surface area contributed by atoms with Crippen LogP contribution in [0.3, 0.4) is 0 Å². The molecule has 0 aliphatic heterocycles. The Morgan fingerprint density at radius 2 is 1.70 bits per heavy atom. The van der Waals surface area contributed by atoms with Gasteiger partial charge in [0.2, 0.25) is 0 Å². The zero-order valence-electron chi connectivity index (χ0n) is 17.1. The summed E-state index contributed by atoms with van der Waals surface area (Å²) in [4.78, 5) is 10.4. The third-order valence-corrected chi connectivity index (χ3v) is 4.42. The molecule has 0 aliphatic carbocycles. The Hall–Kier alpha value is -2.28. The molecule has 0 aliphatic rings. The smallest absolute Gasteiger partial charge is 0.416 e. The molecule has 168 valence electrons. The van der Waals surface area contributed by atoms with Crippen LogP contribution >= 0.6 is 0 Å². The molecule has 1 aromatic rings. The summed E-state index contributed by atoms with van der Waals surface area (Å²) in [7, 11) is 0. The van der Waals surface area contributed by atoms with Crippen molar-refractivity contribution in [2.24, 2.45) is 0 Å². The van der Waals surface area contributed by atoms with E-state index in [1.807, 2.05) is 12.2 Å². The number of rotatable bonds is 15. The predicted molar refractivity (Wildman–Crippen MR) is 110 cm³/mol. The van der Waals surface area contributed by atoms with Gasteiger partial charge < -0.3 is 14.9 Å². The number of alkyl halides is 3. The lowest BCUT2D eigenvalue weighted by molar-refractivity contribution is -0.138. The van der Waals surface area contributed by atoms with Crippen LogP contribution in [0.15, 0.2) is 48.6 Å². The van der Waals surface area contributed by atoms with E-state index in [4.69, 9.17) is 9.84 Å². The molecule has 1 atom stereocenters. The summed E-state index contributed by atoms with van der Waals surface area (Å²) in [5.74, 6) is -0.665. The number of ether oxygens (including phenoxy) is 1. The van der Waals surface area contributed by atoms with E-state index in [0.717, 1.165) is 63.5 Å². The van der Waals surface area contributed by atoms with Crippen molar-refractivity contribution in [3.63, 3.8) is 0 Å². The first-order valence-electron chi connectivity index (χ1n) is 10.3. The van der Waals surface area contributed by atoms with E-state index in [1.54, 1.807) is 6.08 Å². The van der Waals surface area contributed by atoms with Crippen molar-refractivity contribution in [2.75, 3.05) is 6.61 Å². The molecule has 0 aromatic heterocycles. The van der Waals surface area contributed by atoms with E-state index in [2.05, 4.69) is 0 Å². The van der Waals surface area contributed by atoms with Crippen molar-refractivity contribution >= 4 is 5.97 Å². The first kappa shape index (κ1) is 25.8. The van der Waals surface area contributed by atoms with E-state index in [9.17, 15) is 23.1 Å². The first-order valence-corrected chi connectivity index (χ1v) is 10.3. The van der Waals surface area contributed by atoms with Crippen LogP contribution in [0.1, 0.15) is 63.4 Å². The fourth-order valence-corrected chi connectivity index (χ4v) is 2.79. The predicted octanol–water partition coefficient (Wildman–Crippen LogP) is 6.15. The summed E-state index contributed by atoms with van der Waals surface area (Å²) in [6.07, 6.45) is 10.2. The van der Waals surface area contributed by atoms with E-state index in [0.29, 0.717) is 0 Å². The Kier molecular flexibility index (Phi) is 12.6. The van der Waals surface area contributed by atoms with Gasteiger partial charge in [0.15, 0.2) is 0 Å². The molecular formula is C23H31F3O4. The van der Waals surface area contributed by atoms with E-state index in [-0.39, 0.29) is 18.8 Å². The number of unbranched alkanes of at least 4 members (excludes halogenated alkanes) is 7. The summed E-state index contributed by atoms with van der Waals surface area (Å²) in [5, 5.41) is 18.4. The Labute approximate surface area is 176 Å². The molecule has 0 bridgehead atoms. The molecule has 1 unspecified atom stereocenters. The highest BCUT2D eigenvalue weighted by Gasteiger charge is 2.30. The van der Waals surface area contributed by atoms with Crippen molar-refractivity contribution < 1.29 is 32.9 Å². The van der Waals surface area contributed by atoms with Gasteiger partial charge in [-0.2, -0.15) is 13.2 Å². The van der Waals surface area contributed by atoms with Crippen LogP contribution in [0.4, 0.5) is 13.2 Å². The Balaban J connectivity index is 2.09. The molecule has 1 aromatic carbocycles. The summed E-state index contributed by atoms with van der Waals surface area (Å²) >= 11 is 0. The minimum atomic E-state index is -4.43. The van der Waals surface area contributed by atoms with E-state index < -0.39 is 23.8 Å². The van der Waals surface area contributed by atoms with Crippen LogP contribution in [-0.4, -0.2) is 28.9 Å². The number of hydrogen-bond acceptors (Lipinski definition) is 3. The number of carboxylic acid groups (broad SMARTS) is 1. The quantitative estimate of drug-likeness (QED) is 0.260. The highest BCUT2D eigenvalue weighted by Crippen LogP contribution is 2.31. The zero-order valence-corrected chi connectivity index (χ0v) is 17.1. The lowest BCUT2D eigenvalue weighted by Crippen LogP contribution is -2.15. The second-order valence-electron chi connectivity index (χ2n) is 7.12. The molecule has 30 heavy (non-hydrogen) atoms. The number of carboxylic acids is 1. The standard InChI is InChI=1S/C23H31F3O4/c24-23(25,26)19-13-12-15-21(17-19)30-18-20(27)14-10-8-6-4-2-1-3-5-7-9-11-16-22(28)29/h6,8,10,12-15,17,20,27H,1-5,7,9,11,16,18H2,(H,28,29). The maximum atomic E-state index is 12.6. The Morgan fingerprint density at radius 1 is 1.03 bits per heavy atom. The van der Waals surface area contributed by atoms with Crippen LogP contribution in [-0.2, 0) is 11.0 Å². The molecule has 7 heteroatoms. The van der Waals surface area contributed by atoms with Crippen molar-refractivity contribution in [3.8, 4) is 5.75 Å². The molecule has 0 spiro atoms. The van der Waals surface area contributed by atoms with Gasteiger partial charge >= 0.3 is 12.1 Å². The minimum absolute atomic E-state index is 0.0645. The summed E-state index contributed by atoms with van der Waals surface area (Å²) in [5.41, 5.74) is -0.786. The monoisotopic (exact) mass is 428 g/mol. The first-order chi connectivity index (χ1) is 14.3. The lowest BCUT2D eigenvalue weighted by Gasteiger charge is -2.11. The van der Waals surface area contributed by atoms with Gasteiger partial charge in [-0.15, -0.1) is 0 Å². The maximum Gasteiger partial charge on any atom is 0.416 e. The summed E-state index contributed by atoms with van der Waals surface area (Å²) < 4.78 is 43.2. The fraction of sp³-hybridized carbons (Fsp3) is 0.522. The van der Waals surface area contributed by atoms with Gasteiger partial charge in [-0.3, -0.25) is 4.79 Å². The van der Waals surface area contributed by atoms with Gasteiger partial charge in [-0.25, -0.2) is 0 Å². The van der Waals surface area contributed by atoms with E-state index >= 15 is 0 Å². The van der Waals surface area contributed by atoms with Crippen LogP contribution in [0, 0.1) is 0 Å². The fourth-order valence-electron chi connectivity index (χ4n) is 2.79. The number of halogens is 3. The molecule has 0 radical (unpaired) electrons. The molecule has 1 rings (SSSR count). The van der Waals surface area contributed by atoms with Gasteiger partial charge in [0.1, 0.15) is 18.5 Å². The second-order valence-corrected chi connectivity index (χ2v) is 7.12. The second kappa shape index (κ2) is 14.7. The molecule has 0 saturated carbocycles. The third-order valence-electron chi connectivity index (χ3n) is 4.42. The van der Waals surface area contributed by atoms with Crippen molar-refractivity contribution in [3.05, 3.63) is 54.1 Å². The van der Waals surface area contributed by atoms with Crippen molar-refractivity contribution in [2.45, 2.75) is 70.1 Å². The van der Waals surface area contributed by atoms with Crippen LogP contribution in [0.5, 0.6) is 5.75 Å². The van der Waals surface area contributed by atoms with Gasteiger partial charge in [-0.05, 0) is 37.5 Å². The number of allylic oxidation sites excluding steroid dienone is 3. The number of aliphatic hydroxyl groups excluding tert-OH is 1. The van der Waals surface area contributed by atoms with Gasteiger partial charge in [0.05, 0.1) is 5.56 Å². The highest BCUT2D eigenvalue weighted by atomic mass is 19.4. The Bertz CT molecular complexity index is 669. The number of aliphatic hydroxyl groups is 1. The molecule has 0 saturated heterocycles. The summed E-state index contributed by atoms with van der Waals surface area (Å²) in [6, 6.07) is 4.56. The molecular weight excluding hydrogens is 397 g/mol. The Morgan fingerprint density at radius 3 is 2.37 bits per heavy atom.